The summed E-state index contributed by atoms with van der Waals surface area (Å²) in [5, 5.41) is 9.52. The Hall–Kier alpha value is -1.34. The van der Waals surface area contributed by atoms with Gasteiger partial charge in [0.2, 0.25) is 0 Å². The second kappa shape index (κ2) is 35.1. The minimum Gasteiger partial charge on any atom is -0.465 e. The van der Waals surface area contributed by atoms with Crippen LogP contribution in [0.3, 0.4) is 0 Å². The highest BCUT2D eigenvalue weighted by Crippen LogP contribution is 2.27. The lowest BCUT2D eigenvalue weighted by Crippen LogP contribution is -2.29. The first kappa shape index (κ1) is 47.7. The quantitative estimate of drug-likeness (QED) is 0.0511. The van der Waals surface area contributed by atoms with Gasteiger partial charge in [0.25, 0.3) is 0 Å². The van der Waals surface area contributed by atoms with Gasteiger partial charge in [-0.05, 0) is 77.8 Å². The molecule has 0 bridgehead atoms. The zero-order valence-electron chi connectivity index (χ0n) is 33.3. The summed E-state index contributed by atoms with van der Waals surface area (Å²) in [6.07, 6.45) is 29.8. The van der Waals surface area contributed by atoms with Gasteiger partial charge in [-0.25, -0.2) is 4.79 Å². The molecule has 0 amide bonds. The fourth-order valence-corrected chi connectivity index (χ4v) is 6.57. The van der Waals surface area contributed by atoms with E-state index < -0.39 is 11.6 Å². The number of unbranched alkanes of at least 4 members (excludes halogenated alkanes) is 16. The number of aliphatic hydroxyl groups is 1. The topological polar surface area (TPSA) is 85.3 Å². The molecule has 0 fully saturated rings. The Morgan fingerprint density at radius 3 is 1.49 bits per heavy atom. The molecule has 0 radical (unpaired) electrons. The van der Waals surface area contributed by atoms with Crippen LogP contribution in [0.5, 0.6) is 0 Å². The second-order valence-corrected chi connectivity index (χ2v) is 15.2. The maximum absolute atomic E-state index is 12.8. The van der Waals surface area contributed by atoms with Crippen LogP contribution in [-0.4, -0.2) is 68.2 Å². The maximum atomic E-state index is 12.8. The molecule has 292 valence electrons. The van der Waals surface area contributed by atoms with Gasteiger partial charge in [-0.3, -0.25) is 4.79 Å². The molecule has 0 aromatic carbocycles. The van der Waals surface area contributed by atoms with Crippen LogP contribution < -0.4 is 0 Å². The molecule has 0 unspecified atom stereocenters. The Morgan fingerprint density at radius 1 is 0.531 bits per heavy atom. The van der Waals surface area contributed by atoms with E-state index in [0.29, 0.717) is 26.4 Å². The van der Waals surface area contributed by atoms with Gasteiger partial charge in [-0.2, -0.15) is 0 Å². The summed E-state index contributed by atoms with van der Waals surface area (Å²) in [7, 11) is 0. The molecule has 7 nitrogen and oxygen atoms in total. The predicted molar refractivity (Wildman–Crippen MR) is 206 cm³/mol. The van der Waals surface area contributed by atoms with Crippen LogP contribution in [0.1, 0.15) is 202 Å². The van der Waals surface area contributed by atoms with Crippen LogP contribution in [0.15, 0.2) is 0 Å². The van der Waals surface area contributed by atoms with Crippen LogP contribution >= 0.6 is 0 Å². The van der Waals surface area contributed by atoms with Crippen LogP contribution in [0.4, 0.5) is 4.79 Å². The average Bonchev–Trinajstić information content (AvgIpc) is 3.08. The van der Waals surface area contributed by atoms with Crippen molar-refractivity contribution in [1.29, 1.82) is 0 Å². The Labute approximate surface area is 304 Å². The summed E-state index contributed by atoms with van der Waals surface area (Å²) in [6, 6.07) is 0. The van der Waals surface area contributed by atoms with Gasteiger partial charge in [-0.1, -0.05) is 143 Å². The first-order valence-electron chi connectivity index (χ1n) is 21.1. The van der Waals surface area contributed by atoms with Crippen molar-refractivity contribution in [3.05, 3.63) is 0 Å². The third-order valence-corrected chi connectivity index (χ3v) is 9.97. The van der Waals surface area contributed by atoms with E-state index in [1.807, 2.05) is 13.8 Å². The summed E-state index contributed by atoms with van der Waals surface area (Å²) in [5.41, 5.74) is -0.427. The molecular formula is C42H83NO6. The second-order valence-electron chi connectivity index (χ2n) is 15.2. The number of esters is 1. The lowest BCUT2D eigenvalue weighted by molar-refractivity contribution is -0.154. The fraction of sp³-hybridized carbons (Fsp3) is 0.952. The van der Waals surface area contributed by atoms with Gasteiger partial charge in [0.1, 0.15) is 0 Å². The molecule has 0 rings (SSSR count). The summed E-state index contributed by atoms with van der Waals surface area (Å²) in [5.74, 6) is 0.742. The molecule has 0 heterocycles. The zero-order valence-corrected chi connectivity index (χ0v) is 33.3. The molecule has 1 N–H and O–H groups in total. The third kappa shape index (κ3) is 31.1. The van der Waals surface area contributed by atoms with Gasteiger partial charge in [-0.15, -0.1) is 0 Å². The Morgan fingerprint density at radius 2 is 0.959 bits per heavy atom. The number of hydrogen-bond acceptors (Lipinski definition) is 7. The highest BCUT2D eigenvalue weighted by molar-refractivity contribution is 5.75. The van der Waals surface area contributed by atoms with Crippen molar-refractivity contribution in [3.8, 4) is 0 Å². The van der Waals surface area contributed by atoms with Crippen LogP contribution in [0, 0.1) is 11.3 Å². The fourth-order valence-electron chi connectivity index (χ4n) is 6.57. The molecule has 0 aliphatic rings. The third-order valence-electron chi connectivity index (χ3n) is 9.97. The Bertz CT molecular complexity index is 720. The van der Waals surface area contributed by atoms with E-state index in [4.69, 9.17) is 14.2 Å². The predicted octanol–water partition coefficient (Wildman–Crippen LogP) is 11.8. The zero-order chi connectivity index (χ0) is 36.3. The summed E-state index contributed by atoms with van der Waals surface area (Å²) in [6.45, 7) is 15.1. The molecule has 0 aromatic heterocycles. The highest BCUT2D eigenvalue weighted by atomic mass is 16.7. The number of nitrogens with zero attached hydrogens (tertiary/aromatic N) is 1. The van der Waals surface area contributed by atoms with Crippen LogP contribution in [0.2, 0.25) is 0 Å². The van der Waals surface area contributed by atoms with Crippen molar-refractivity contribution in [3.63, 3.8) is 0 Å². The highest BCUT2D eigenvalue weighted by Gasteiger charge is 2.28. The smallest absolute Gasteiger partial charge is 0.465 e. The molecular weight excluding hydrogens is 614 g/mol. The van der Waals surface area contributed by atoms with Crippen molar-refractivity contribution < 1.29 is 28.9 Å². The normalized spacial score (nSPS) is 11.8. The number of ether oxygens (including phenoxy) is 3. The van der Waals surface area contributed by atoms with Crippen LogP contribution in [0.25, 0.3) is 0 Å². The van der Waals surface area contributed by atoms with E-state index in [1.165, 1.54) is 89.9 Å². The van der Waals surface area contributed by atoms with Gasteiger partial charge in [0.05, 0.1) is 31.8 Å². The largest absolute Gasteiger partial charge is 0.508 e. The number of hydrogen-bond donors (Lipinski definition) is 1. The summed E-state index contributed by atoms with van der Waals surface area (Å²) < 4.78 is 16.2. The molecule has 49 heavy (non-hydrogen) atoms. The minimum atomic E-state index is -0.534. The monoisotopic (exact) mass is 698 g/mol. The number of carbonyl (C=O) groups excluding carboxylic acids is 2. The molecule has 0 saturated carbocycles. The van der Waals surface area contributed by atoms with Crippen molar-refractivity contribution in [2.24, 2.45) is 11.3 Å². The van der Waals surface area contributed by atoms with Crippen molar-refractivity contribution >= 4 is 12.1 Å². The van der Waals surface area contributed by atoms with E-state index >= 15 is 0 Å². The average molecular weight is 698 g/mol. The van der Waals surface area contributed by atoms with Gasteiger partial charge in [0, 0.05) is 6.54 Å². The molecule has 0 aliphatic carbocycles. The molecule has 0 aromatic rings. The summed E-state index contributed by atoms with van der Waals surface area (Å²) in [4.78, 5) is 26.9. The van der Waals surface area contributed by atoms with Crippen molar-refractivity contribution in [2.45, 2.75) is 202 Å². The van der Waals surface area contributed by atoms with Crippen molar-refractivity contribution in [2.75, 3.05) is 46.1 Å². The Kier molecular flexibility index (Phi) is 34.1. The van der Waals surface area contributed by atoms with E-state index in [0.717, 1.165) is 96.1 Å². The first-order valence-corrected chi connectivity index (χ1v) is 21.1. The minimum absolute atomic E-state index is 0.0413. The standard InChI is InChI=1S/C42H83NO6/c1-6-9-12-13-14-18-25-36-48-41(46)49-37-26-19-17-24-33-43(34-35-44)32-23-16-15-22-31-42(4,5)40(45)47-38-27-30-39(28-20-10-7-2)29-21-11-8-3/h39,44H,6-38H2,1-5H3. The van der Waals surface area contributed by atoms with Gasteiger partial charge in [0.15, 0.2) is 0 Å². The lowest BCUT2D eigenvalue weighted by atomic mass is 9.87. The Balaban J connectivity index is 3.94. The van der Waals surface area contributed by atoms with Gasteiger partial charge < -0.3 is 24.2 Å². The number of rotatable bonds is 37. The first-order chi connectivity index (χ1) is 23.8. The SMILES string of the molecule is CCCCCCCCCOC(=O)OCCCCCCN(CCO)CCCCCCC(C)(C)C(=O)OCCCC(CCCCC)CCCCC. The van der Waals surface area contributed by atoms with E-state index in [2.05, 4.69) is 25.7 Å². The van der Waals surface area contributed by atoms with Crippen molar-refractivity contribution in [1.82, 2.24) is 4.90 Å². The summed E-state index contributed by atoms with van der Waals surface area (Å²) >= 11 is 0. The maximum Gasteiger partial charge on any atom is 0.508 e. The van der Waals surface area contributed by atoms with E-state index in [-0.39, 0.29) is 12.6 Å². The molecule has 0 atom stereocenters. The number of aliphatic hydroxyl groups excluding tert-OH is 1. The number of carbonyl (C=O) groups is 2. The molecule has 0 saturated heterocycles. The van der Waals surface area contributed by atoms with E-state index in [1.54, 1.807) is 0 Å². The molecule has 0 aliphatic heterocycles. The molecule has 7 heteroatoms. The van der Waals surface area contributed by atoms with E-state index in [9.17, 15) is 14.7 Å². The van der Waals surface area contributed by atoms with Crippen LogP contribution in [-0.2, 0) is 19.0 Å². The molecule has 0 spiro atoms. The van der Waals surface area contributed by atoms with Gasteiger partial charge >= 0.3 is 12.1 Å². The lowest BCUT2D eigenvalue weighted by Gasteiger charge is -2.23.